The van der Waals surface area contributed by atoms with E-state index in [0.717, 1.165) is 34.9 Å². The summed E-state index contributed by atoms with van der Waals surface area (Å²) in [6, 6.07) is 6.13. The molecule has 0 aromatic carbocycles. The van der Waals surface area contributed by atoms with Crippen LogP contribution in [0.5, 0.6) is 0 Å². The fourth-order valence-electron chi connectivity index (χ4n) is 2.59. The molecule has 0 bridgehead atoms. The number of hydrogen-bond acceptors (Lipinski definition) is 4. The molecule has 0 saturated carbocycles. The van der Waals surface area contributed by atoms with Gasteiger partial charge in [-0.15, -0.1) is 11.3 Å². The number of aliphatic imine (C=N–C) groups is 1. The van der Waals surface area contributed by atoms with Crippen LogP contribution in [0.25, 0.3) is 0 Å². The SMILES string of the molecule is Cc1ccc(C=Nc2sc3c(c2C#N)CC[C@@H](C)C3)o1. The van der Waals surface area contributed by atoms with E-state index in [1.807, 2.05) is 19.1 Å². The third-order valence-electron chi connectivity index (χ3n) is 3.68. The fourth-order valence-corrected chi connectivity index (χ4v) is 3.89. The van der Waals surface area contributed by atoms with Crippen LogP contribution in [0.3, 0.4) is 0 Å². The molecule has 20 heavy (non-hydrogen) atoms. The van der Waals surface area contributed by atoms with Gasteiger partial charge in [0.05, 0.1) is 11.8 Å². The Balaban J connectivity index is 1.94. The van der Waals surface area contributed by atoms with Gasteiger partial charge in [0.2, 0.25) is 0 Å². The molecule has 0 unspecified atom stereocenters. The quantitative estimate of drug-likeness (QED) is 0.767. The first-order valence-electron chi connectivity index (χ1n) is 6.82. The Morgan fingerprint density at radius 3 is 3.05 bits per heavy atom. The van der Waals surface area contributed by atoms with Gasteiger partial charge in [-0.1, -0.05) is 6.92 Å². The summed E-state index contributed by atoms with van der Waals surface area (Å²) in [5, 5.41) is 10.2. The van der Waals surface area contributed by atoms with Crippen molar-refractivity contribution in [3.63, 3.8) is 0 Å². The van der Waals surface area contributed by atoms with Crippen molar-refractivity contribution in [2.24, 2.45) is 10.9 Å². The van der Waals surface area contributed by atoms with E-state index in [4.69, 9.17) is 4.42 Å². The zero-order valence-corrected chi connectivity index (χ0v) is 12.5. The largest absolute Gasteiger partial charge is 0.460 e. The number of nitriles is 1. The van der Waals surface area contributed by atoms with Gasteiger partial charge < -0.3 is 4.42 Å². The summed E-state index contributed by atoms with van der Waals surface area (Å²) in [5.41, 5.74) is 1.98. The third kappa shape index (κ3) is 2.41. The highest BCUT2D eigenvalue weighted by molar-refractivity contribution is 7.16. The van der Waals surface area contributed by atoms with Gasteiger partial charge in [-0.3, -0.25) is 0 Å². The lowest BCUT2D eigenvalue weighted by molar-refractivity contribution is 0.507. The number of hydrogen-bond donors (Lipinski definition) is 0. The molecule has 0 amide bonds. The Bertz CT molecular complexity index is 703. The fraction of sp³-hybridized carbons (Fsp3) is 0.375. The number of aryl methyl sites for hydroxylation is 1. The topological polar surface area (TPSA) is 49.3 Å². The highest BCUT2D eigenvalue weighted by Crippen LogP contribution is 2.40. The normalized spacial score (nSPS) is 18.1. The van der Waals surface area contributed by atoms with Crippen molar-refractivity contribution < 1.29 is 4.42 Å². The zero-order valence-electron chi connectivity index (χ0n) is 11.6. The van der Waals surface area contributed by atoms with E-state index >= 15 is 0 Å². The van der Waals surface area contributed by atoms with Crippen molar-refractivity contribution in [3.05, 3.63) is 39.7 Å². The van der Waals surface area contributed by atoms with Gasteiger partial charge in [-0.2, -0.15) is 5.26 Å². The number of thiophene rings is 1. The van der Waals surface area contributed by atoms with Crippen LogP contribution in [0.15, 0.2) is 21.5 Å². The highest BCUT2D eigenvalue weighted by Gasteiger charge is 2.23. The molecule has 0 fully saturated rings. The Kier molecular flexibility index (Phi) is 3.45. The predicted octanol–water partition coefficient (Wildman–Crippen LogP) is 4.40. The molecule has 1 atom stereocenters. The molecule has 0 spiro atoms. The highest BCUT2D eigenvalue weighted by atomic mass is 32.1. The summed E-state index contributed by atoms with van der Waals surface area (Å²) in [5.74, 6) is 2.30. The van der Waals surface area contributed by atoms with Gasteiger partial charge in [0.1, 0.15) is 22.6 Å². The van der Waals surface area contributed by atoms with Crippen molar-refractivity contribution in [2.75, 3.05) is 0 Å². The van der Waals surface area contributed by atoms with Crippen LogP contribution < -0.4 is 0 Å². The van der Waals surface area contributed by atoms with E-state index in [2.05, 4.69) is 18.0 Å². The number of rotatable bonds is 2. The maximum Gasteiger partial charge on any atom is 0.145 e. The van der Waals surface area contributed by atoms with E-state index in [1.54, 1.807) is 17.6 Å². The number of furan rings is 1. The Morgan fingerprint density at radius 2 is 2.35 bits per heavy atom. The molecule has 2 aromatic heterocycles. The number of fused-ring (bicyclic) bond motifs is 1. The monoisotopic (exact) mass is 284 g/mol. The van der Waals surface area contributed by atoms with Crippen LogP contribution in [0.1, 0.15) is 40.9 Å². The van der Waals surface area contributed by atoms with Crippen molar-refractivity contribution in [1.29, 1.82) is 5.26 Å². The van der Waals surface area contributed by atoms with Gasteiger partial charge in [-0.25, -0.2) is 4.99 Å². The average Bonchev–Trinajstić information content (AvgIpc) is 2.98. The van der Waals surface area contributed by atoms with Gasteiger partial charge in [0.15, 0.2) is 0 Å². The summed E-state index contributed by atoms with van der Waals surface area (Å²) in [6.45, 7) is 4.17. The second-order valence-electron chi connectivity index (χ2n) is 5.35. The average molecular weight is 284 g/mol. The molecular weight excluding hydrogens is 268 g/mol. The van der Waals surface area contributed by atoms with Crippen LogP contribution in [0, 0.1) is 24.2 Å². The van der Waals surface area contributed by atoms with Gasteiger partial charge in [-0.05, 0) is 49.8 Å². The third-order valence-corrected chi connectivity index (χ3v) is 4.84. The maximum absolute atomic E-state index is 9.39. The molecule has 102 valence electrons. The van der Waals surface area contributed by atoms with E-state index < -0.39 is 0 Å². The molecule has 0 N–H and O–H groups in total. The predicted molar refractivity (Wildman–Crippen MR) is 80.9 cm³/mol. The minimum atomic E-state index is 0.706. The van der Waals surface area contributed by atoms with Gasteiger partial charge in [0.25, 0.3) is 0 Å². The molecule has 3 nitrogen and oxygen atoms in total. The zero-order chi connectivity index (χ0) is 14.1. The Hall–Kier alpha value is -1.86. The lowest BCUT2D eigenvalue weighted by Crippen LogP contribution is -2.09. The number of nitrogens with zero attached hydrogens (tertiary/aromatic N) is 2. The summed E-state index contributed by atoms with van der Waals surface area (Å²) >= 11 is 1.65. The van der Waals surface area contributed by atoms with Crippen molar-refractivity contribution in [2.45, 2.75) is 33.1 Å². The van der Waals surface area contributed by atoms with Crippen LogP contribution >= 0.6 is 11.3 Å². The first-order valence-corrected chi connectivity index (χ1v) is 7.64. The molecule has 2 aromatic rings. The molecule has 2 heterocycles. The van der Waals surface area contributed by atoms with E-state index in [1.165, 1.54) is 16.9 Å². The van der Waals surface area contributed by atoms with Gasteiger partial charge >= 0.3 is 0 Å². The van der Waals surface area contributed by atoms with E-state index in [0.29, 0.717) is 5.92 Å². The first-order chi connectivity index (χ1) is 9.67. The van der Waals surface area contributed by atoms with Crippen LogP contribution in [-0.2, 0) is 12.8 Å². The van der Waals surface area contributed by atoms with Crippen LogP contribution in [0.2, 0.25) is 0 Å². The molecule has 4 heteroatoms. The molecule has 0 aliphatic heterocycles. The van der Waals surface area contributed by atoms with E-state index in [9.17, 15) is 5.26 Å². The van der Waals surface area contributed by atoms with Crippen LogP contribution in [0.4, 0.5) is 5.00 Å². The van der Waals surface area contributed by atoms with Crippen molar-refractivity contribution in [3.8, 4) is 6.07 Å². The standard InChI is InChI=1S/C16H16N2OS/c1-10-3-6-13-14(8-17)16(20-15(13)7-10)18-9-12-5-4-11(2)19-12/h4-5,9-10H,3,6-7H2,1-2H3/t10-/m1/s1. The van der Waals surface area contributed by atoms with Crippen LogP contribution in [-0.4, -0.2) is 6.21 Å². The lowest BCUT2D eigenvalue weighted by atomic mass is 9.89. The molecule has 0 saturated heterocycles. The summed E-state index contributed by atoms with van der Waals surface area (Å²) < 4.78 is 5.47. The second-order valence-corrected chi connectivity index (χ2v) is 6.43. The molecule has 1 aliphatic rings. The molecular formula is C16H16N2OS. The maximum atomic E-state index is 9.39. The molecule has 1 aliphatic carbocycles. The molecule has 3 rings (SSSR count). The van der Waals surface area contributed by atoms with Crippen molar-refractivity contribution in [1.82, 2.24) is 0 Å². The first kappa shape index (κ1) is 13.1. The van der Waals surface area contributed by atoms with Crippen molar-refractivity contribution >= 4 is 22.6 Å². The molecule has 0 radical (unpaired) electrons. The van der Waals surface area contributed by atoms with E-state index in [-0.39, 0.29) is 0 Å². The summed E-state index contributed by atoms with van der Waals surface area (Å²) in [4.78, 5) is 5.80. The minimum Gasteiger partial charge on any atom is -0.460 e. The smallest absolute Gasteiger partial charge is 0.145 e. The second kappa shape index (κ2) is 5.26. The Labute approximate surface area is 122 Å². The Morgan fingerprint density at radius 1 is 1.50 bits per heavy atom. The lowest BCUT2D eigenvalue weighted by Gasteiger charge is -2.17. The summed E-state index contributed by atoms with van der Waals surface area (Å²) in [6.07, 6.45) is 4.95. The van der Waals surface area contributed by atoms with Gasteiger partial charge in [0, 0.05) is 4.88 Å². The minimum absolute atomic E-state index is 0.706. The summed E-state index contributed by atoms with van der Waals surface area (Å²) in [7, 11) is 0.